The largest absolute Gasteiger partial charge is 0.404 e. The molecule has 0 amide bonds. The molecule has 0 aromatic heterocycles. The fraction of sp³-hybridized carbons (Fsp3) is 1.00. The van der Waals surface area contributed by atoms with Crippen LogP contribution in [0.1, 0.15) is 20.3 Å². The van der Waals surface area contributed by atoms with E-state index in [1.165, 1.54) is 0 Å². The summed E-state index contributed by atoms with van der Waals surface area (Å²) < 4.78 is 37.8. The van der Waals surface area contributed by atoms with E-state index in [-0.39, 0.29) is 12.0 Å². The third-order valence-electron chi connectivity index (χ3n) is 3.18. The van der Waals surface area contributed by atoms with Crippen LogP contribution >= 0.6 is 0 Å². The maximum absolute atomic E-state index is 12.6. The first-order valence-electron chi connectivity index (χ1n) is 4.73. The molecule has 0 N–H and O–H groups in total. The molecule has 1 aliphatic carbocycles. The third-order valence-corrected chi connectivity index (χ3v) is 3.18. The van der Waals surface area contributed by atoms with Gasteiger partial charge in [-0.05, 0) is 32.1 Å². The summed E-state index contributed by atoms with van der Waals surface area (Å²) in [5, 5.41) is 0. The minimum Gasteiger partial charge on any atom is -0.289 e. The number of hydrogen-bond acceptors (Lipinski definition) is 1. The second kappa shape index (κ2) is 2.62. The molecule has 76 valence electrons. The van der Waals surface area contributed by atoms with Crippen LogP contribution < -0.4 is 0 Å². The normalized spacial score (nSPS) is 39.7. The fourth-order valence-corrected chi connectivity index (χ4v) is 2.46. The Labute approximate surface area is 75.9 Å². The van der Waals surface area contributed by atoms with E-state index < -0.39 is 12.2 Å². The molecule has 1 saturated carbocycles. The van der Waals surface area contributed by atoms with Crippen LogP contribution in [-0.2, 0) is 0 Å². The van der Waals surface area contributed by atoms with Gasteiger partial charge < -0.3 is 0 Å². The number of rotatable bonds is 1. The van der Waals surface area contributed by atoms with Gasteiger partial charge in [0.25, 0.3) is 0 Å². The molecule has 0 spiro atoms. The Morgan fingerprint density at radius 1 is 1.31 bits per heavy atom. The van der Waals surface area contributed by atoms with Gasteiger partial charge in [0, 0.05) is 12.6 Å². The number of hydrogen-bond donors (Lipinski definition) is 0. The van der Waals surface area contributed by atoms with Crippen molar-refractivity contribution in [3.05, 3.63) is 0 Å². The number of likely N-dealkylation sites (tertiary alicyclic amines) is 1. The van der Waals surface area contributed by atoms with Crippen LogP contribution in [0.25, 0.3) is 0 Å². The Bertz CT molecular complexity index is 211. The number of alkyl halides is 3. The van der Waals surface area contributed by atoms with Crippen LogP contribution in [-0.4, -0.2) is 29.7 Å². The summed E-state index contributed by atoms with van der Waals surface area (Å²) >= 11 is 0. The highest BCUT2D eigenvalue weighted by Gasteiger charge is 2.62. The van der Waals surface area contributed by atoms with Crippen molar-refractivity contribution in [2.45, 2.75) is 38.5 Å². The second-order valence-electron chi connectivity index (χ2n) is 4.44. The molecule has 2 fully saturated rings. The summed E-state index contributed by atoms with van der Waals surface area (Å²) in [4.78, 5) is 1.60. The summed E-state index contributed by atoms with van der Waals surface area (Å²) in [5.74, 6) is 0.233. The zero-order valence-corrected chi connectivity index (χ0v) is 7.80. The van der Waals surface area contributed by atoms with Gasteiger partial charge in [-0.25, -0.2) is 0 Å². The summed E-state index contributed by atoms with van der Waals surface area (Å²) in [7, 11) is 0. The third kappa shape index (κ3) is 1.45. The summed E-state index contributed by atoms with van der Waals surface area (Å²) in [5.41, 5.74) is 0. The van der Waals surface area contributed by atoms with Gasteiger partial charge >= 0.3 is 6.18 Å². The molecule has 0 aromatic carbocycles. The molecular formula is C9H14F3N. The molecule has 1 aliphatic heterocycles. The number of halogens is 3. The van der Waals surface area contributed by atoms with E-state index >= 15 is 0 Å². The molecule has 1 heterocycles. The molecule has 13 heavy (non-hydrogen) atoms. The fourth-order valence-electron chi connectivity index (χ4n) is 2.46. The molecule has 3 unspecified atom stereocenters. The van der Waals surface area contributed by atoms with E-state index in [0.717, 1.165) is 6.42 Å². The zero-order valence-electron chi connectivity index (χ0n) is 7.80. The Morgan fingerprint density at radius 3 is 2.31 bits per heavy atom. The van der Waals surface area contributed by atoms with E-state index in [2.05, 4.69) is 0 Å². The first kappa shape index (κ1) is 9.31. The minimum absolute atomic E-state index is 0.0134. The quantitative estimate of drug-likeness (QED) is 0.617. The van der Waals surface area contributed by atoms with Crippen LogP contribution in [0.3, 0.4) is 0 Å². The Kier molecular flexibility index (Phi) is 1.88. The highest BCUT2D eigenvalue weighted by molar-refractivity contribution is 5.07. The van der Waals surface area contributed by atoms with Crippen LogP contribution in [0.4, 0.5) is 13.2 Å². The average Bonchev–Trinajstić information content (AvgIpc) is 2.58. The van der Waals surface area contributed by atoms with Crippen LogP contribution in [0.2, 0.25) is 0 Å². The predicted octanol–water partition coefficient (Wildman–Crippen LogP) is 2.28. The molecule has 0 aromatic rings. The Hall–Kier alpha value is -0.250. The van der Waals surface area contributed by atoms with Gasteiger partial charge in [0.05, 0.1) is 0 Å². The van der Waals surface area contributed by atoms with Crippen molar-refractivity contribution in [3.8, 4) is 0 Å². The lowest BCUT2D eigenvalue weighted by Crippen LogP contribution is -2.47. The lowest BCUT2D eigenvalue weighted by atomic mass is 10.1. The van der Waals surface area contributed by atoms with Crippen molar-refractivity contribution in [2.75, 3.05) is 6.54 Å². The van der Waals surface area contributed by atoms with Crippen molar-refractivity contribution < 1.29 is 13.2 Å². The molecule has 2 aliphatic rings. The maximum Gasteiger partial charge on any atom is 0.404 e. The van der Waals surface area contributed by atoms with Crippen molar-refractivity contribution in [2.24, 2.45) is 11.8 Å². The van der Waals surface area contributed by atoms with Gasteiger partial charge in [0.15, 0.2) is 0 Å². The standard InChI is InChI=1S/C9H14F3N/c1-5(2)13-4-6-3-7(6)8(13)9(10,11)12/h5-8H,3-4H2,1-2H3. The molecule has 4 heteroatoms. The highest BCUT2D eigenvalue weighted by atomic mass is 19.4. The predicted molar refractivity (Wildman–Crippen MR) is 43.3 cm³/mol. The monoisotopic (exact) mass is 193 g/mol. The Morgan fingerprint density at radius 2 is 1.92 bits per heavy atom. The molecular weight excluding hydrogens is 179 g/mol. The van der Waals surface area contributed by atoms with Crippen molar-refractivity contribution in [1.82, 2.24) is 4.90 Å². The molecule has 3 atom stereocenters. The maximum atomic E-state index is 12.6. The molecule has 2 rings (SSSR count). The van der Waals surface area contributed by atoms with Crippen LogP contribution in [0.15, 0.2) is 0 Å². The van der Waals surface area contributed by atoms with Crippen LogP contribution in [0, 0.1) is 11.8 Å². The summed E-state index contributed by atoms with van der Waals surface area (Å²) in [6.07, 6.45) is -3.24. The van der Waals surface area contributed by atoms with Crippen LogP contribution in [0.5, 0.6) is 0 Å². The topological polar surface area (TPSA) is 3.24 Å². The molecule has 1 saturated heterocycles. The lowest BCUT2D eigenvalue weighted by molar-refractivity contribution is -0.186. The van der Waals surface area contributed by atoms with E-state index in [1.807, 2.05) is 13.8 Å². The zero-order chi connectivity index (χ0) is 9.80. The van der Waals surface area contributed by atoms with E-state index in [9.17, 15) is 13.2 Å². The smallest absolute Gasteiger partial charge is 0.289 e. The summed E-state index contributed by atoms with van der Waals surface area (Å²) in [6, 6.07) is -1.14. The number of piperidine rings is 1. The average molecular weight is 193 g/mol. The number of fused-ring (bicyclic) bond motifs is 1. The van der Waals surface area contributed by atoms with Gasteiger partial charge in [-0.1, -0.05) is 0 Å². The Balaban J connectivity index is 2.14. The van der Waals surface area contributed by atoms with Gasteiger partial charge in [-0.3, -0.25) is 4.90 Å². The van der Waals surface area contributed by atoms with Crippen molar-refractivity contribution in [1.29, 1.82) is 0 Å². The molecule has 0 bridgehead atoms. The lowest BCUT2D eigenvalue weighted by Gasteiger charge is -2.32. The second-order valence-corrected chi connectivity index (χ2v) is 4.44. The van der Waals surface area contributed by atoms with E-state index in [4.69, 9.17) is 0 Å². The first-order valence-corrected chi connectivity index (χ1v) is 4.73. The molecule has 1 nitrogen and oxygen atoms in total. The highest BCUT2D eigenvalue weighted by Crippen LogP contribution is 2.54. The van der Waals surface area contributed by atoms with Gasteiger partial charge in [-0.15, -0.1) is 0 Å². The van der Waals surface area contributed by atoms with E-state index in [0.29, 0.717) is 12.5 Å². The molecule has 0 radical (unpaired) electrons. The minimum atomic E-state index is -4.03. The van der Waals surface area contributed by atoms with Gasteiger partial charge in [-0.2, -0.15) is 13.2 Å². The number of nitrogens with zero attached hydrogens (tertiary/aromatic N) is 1. The summed E-state index contributed by atoms with van der Waals surface area (Å²) in [6.45, 7) is 4.32. The van der Waals surface area contributed by atoms with E-state index in [1.54, 1.807) is 4.90 Å². The van der Waals surface area contributed by atoms with Crippen molar-refractivity contribution >= 4 is 0 Å². The van der Waals surface area contributed by atoms with Gasteiger partial charge in [0.2, 0.25) is 0 Å². The first-order chi connectivity index (χ1) is 5.91. The SMILES string of the molecule is CC(C)N1CC2CC2C1C(F)(F)F. The van der Waals surface area contributed by atoms with Gasteiger partial charge in [0.1, 0.15) is 6.04 Å². The van der Waals surface area contributed by atoms with Crippen molar-refractivity contribution in [3.63, 3.8) is 0 Å².